The average molecular weight is 397 g/mol. The van der Waals surface area contributed by atoms with Crippen molar-refractivity contribution in [2.75, 3.05) is 12.8 Å². The van der Waals surface area contributed by atoms with E-state index in [1.54, 1.807) is 7.11 Å². The summed E-state index contributed by atoms with van der Waals surface area (Å²) in [6.45, 7) is 0. The Balaban J connectivity index is 2.22. The molecule has 4 nitrogen and oxygen atoms in total. The van der Waals surface area contributed by atoms with Crippen LogP contribution >= 0.6 is 31.9 Å². The van der Waals surface area contributed by atoms with Crippen molar-refractivity contribution in [1.82, 2.24) is 9.97 Å². The van der Waals surface area contributed by atoms with E-state index in [-0.39, 0.29) is 0 Å². The molecule has 3 rings (SSSR count). The summed E-state index contributed by atoms with van der Waals surface area (Å²) in [5, 5.41) is 0. The van der Waals surface area contributed by atoms with Gasteiger partial charge in [0.05, 0.1) is 18.3 Å². The van der Waals surface area contributed by atoms with Crippen molar-refractivity contribution in [2.24, 2.45) is 0 Å². The van der Waals surface area contributed by atoms with Crippen LogP contribution in [0.25, 0.3) is 22.4 Å². The van der Waals surface area contributed by atoms with E-state index in [0.717, 1.165) is 37.1 Å². The zero-order chi connectivity index (χ0) is 14.3. The van der Waals surface area contributed by atoms with E-state index >= 15 is 0 Å². The second-order valence-electron chi connectivity index (χ2n) is 4.32. The zero-order valence-corrected chi connectivity index (χ0v) is 13.7. The number of benzene rings is 2. The van der Waals surface area contributed by atoms with E-state index in [1.165, 1.54) is 0 Å². The number of aromatic nitrogens is 2. The predicted octanol–water partition coefficient (Wildman–Crippen LogP) is 4.35. The number of ether oxygens (including phenoxy) is 1. The van der Waals surface area contributed by atoms with Gasteiger partial charge in [-0.3, -0.25) is 0 Å². The van der Waals surface area contributed by atoms with Crippen LogP contribution in [0.1, 0.15) is 0 Å². The lowest BCUT2D eigenvalue weighted by Crippen LogP contribution is -1.87. The van der Waals surface area contributed by atoms with E-state index in [1.807, 2.05) is 30.3 Å². The minimum absolute atomic E-state index is 0.635. The normalized spacial score (nSPS) is 10.9. The average Bonchev–Trinajstić information content (AvgIpc) is 2.83. The van der Waals surface area contributed by atoms with Gasteiger partial charge in [-0.25, -0.2) is 4.98 Å². The first-order valence-electron chi connectivity index (χ1n) is 5.87. The van der Waals surface area contributed by atoms with Gasteiger partial charge in [0.2, 0.25) is 0 Å². The van der Waals surface area contributed by atoms with E-state index in [9.17, 15) is 0 Å². The molecule has 20 heavy (non-hydrogen) atoms. The molecule has 0 aliphatic rings. The Morgan fingerprint density at radius 1 is 1.20 bits per heavy atom. The highest BCUT2D eigenvalue weighted by Crippen LogP contribution is 2.33. The molecule has 0 unspecified atom stereocenters. The first kappa shape index (κ1) is 13.5. The second-order valence-corrected chi connectivity index (χ2v) is 6.09. The molecular weight excluding hydrogens is 386 g/mol. The fourth-order valence-electron chi connectivity index (χ4n) is 2.05. The van der Waals surface area contributed by atoms with Crippen LogP contribution in [0.4, 0.5) is 5.69 Å². The smallest absolute Gasteiger partial charge is 0.139 e. The third-order valence-electron chi connectivity index (χ3n) is 3.01. The third-order valence-corrected chi connectivity index (χ3v) is 4.16. The van der Waals surface area contributed by atoms with Gasteiger partial charge in [0.15, 0.2) is 0 Å². The Labute approximate surface area is 132 Å². The Morgan fingerprint density at radius 3 is 2.75 bits per heavy atom. The van der Waals surface area contributed by atoms with Gasteiger partial charge in [-0.2, -0.15) is 0 Å². The van der Waals surface area contributed by atoms with Crippen LogP contribution in [0.5, 0.6) is 5.75 Å². The number of aromatic amines is 1. The van der Waals surface area contributed by atoms with Crippen LogP contribution in [0.2, 0.25) is 0 Å². The fraction of sp³-hybridized carbons (Fsp3) is 0.0714. The van der Waals surface area contributed by atoms with Crippen LogP contribution < -0.4 is 10.5 Å². The number of fused-ring (bicyclic) bond motifs is 1. The van der Waals surface area contributed by atoms with Gasteiger partial charge in [0, 0.05) is 14.5 Å². The molecule has 0 radical (unpaired) electrons. The number of nitrogens with one attached hydrogen (secondary N) is 1. The number of halogens is 2. The molecule has 0 bridgehead atoms. The van der Waals surface area contributed by atoms with Crippen molar-refractivity contribution >= 4 is 48.6 Å². The van der Waals surface area contributed by atoms with Crippen molar-refractivity contribution in [2.45, 2.75) is 0 Å². The molecule has 0 spiro atoms. The molecule has 3 N–H and O–H groups in total. The summed E-state index contributed by atoms with van der Waals surface area (Å²) in [5.41, 5.74) is 9.21. The van der Waals surface area contributed by atoms with Crippen LogP contribution in [-0.2, 0) is 0 Å². The molecule has 2 aromatic carbocycles. The summed E-state index contributed by atoms with van der Waals surface area (Å²) in [7, 11) is 1.64. The number of anilines is 1. The first-order chi connectivity index (χ1) is 9.58. The molecule has 0 amide bonds. The van der Waals surface area contributed by atoms with Crippen LogP contribution in [0.3, 0.4) is 0 Å². The number of imidazole rings is 1. The number of nitrogen functional groups attached to an aromatic ring is 1. The molecule has 1 heterocycles. The molecule has 0 fully saturated rings. The van der Waals surface area contributed by atoms with Crippen LogP contribution in [0.15, 0.2) is 39.3 Å². The summed E-state index contributed by atoms with van der Waals surface area (Å²) < 4.78 is 7.11. The van der Waals surface area contributed by atoms with Crippen molar-refractivity contribution in [1.29, 1.82) is 0 Å². The van der Waals surface area contributed by atoms with Crippen LogP contribution in [0, 0.1) is 0 Å². The van der Waals surface area contributed by atoms with Gasteiger partial charge in [0.25, 0.3) is 0 Å². The predicted molar refractivity (Wildman–Crippen MR) is 87.9 cm³/mol. The monoisotopic (exact) mass is 395 g/mol. The van der Waals surface area contributed by atoms with Gasteiger partial charge in [0.1, 0.15) is 17.1 Å². The summed E-state index contributed by atoms with van der Waals surface area (Å²) in [4.78, 5) is 7.85. The van der Waals surface area contributed by atoms with Gasteiger partial charge < -0.3 is 15.5 Å². The van der Waals surface area contributed by atoms with E-state index in [0.29, 0.717) is 5.69 Å². The lowest BCUT2D eigenvalue weighted by Gasteiger charge is -2.04. The standard InChI is InChI=1S/C14H11Br2N3O/c1-20-8-2-3-10(16)9(6-8)14-18-12-5-7(15)4-11(17)13(12)19-14/h2-6H,17H2,1H3,(H,18,19). The van der Waals surface area contributed by atoms with E-state index in [4.69, 9.17) is 10.5 Å². The van der Waals surface area contributed by atoms with Gasteiger partial charge >= 0.3 is 0 Å². The molecule has 0 aliphatic carbocycles. The quantitative estimate of drug-likeness (QED) is 0.633. The van der Waals surface area contributed by atoms with Crippen molar-refractivity contribution in [3.63, 3.8) is 0 Å². The Hall–Kier alpha value is -1.53. The summed E-state index contributed by atoms with van der Waals surface area (Å²) in [6, 6.07) is 9.54. The van der Waals surface area contributed by atoms with Gasteiger partial charge in [-0.05, 0) is 30.3 Å². The molecule has 0 atom stereocenters. The Kier molecular flexibility index (Phi) is 3.43. The summed E-state index contributed by atoms with van der Waals surface area (Å²) >= 11 is 6.96. The minimum atomic E-state index is 0.635. The van der Waals surface area contributed by atoms with Gasteiger partial charge in [-0.1, -0.05) is 31.9 Å². The Morgan fingerprint density at radius 2 is 2.00 bits per heavy atom. The van der Waals surface area contributed by atoms with Crippen LogP contribution in [-0.4, -0.2) is 17.1 Å². The summed E-state index contributed by atoms with van der Waals surface area (Å²) in [6.07, 6.45) is 0. The minimum Gasteiger partial charge on any atom is -0.497 e. The highest BCUT2D eigenvalue weighted by atomic mass is 79.9. The lowest BCUT2D eigenvalue weighted by atomic mass is 10.2. The second kappa shape index (κ2) is 5.10. The van der Waals surface area contributed by atoms with Gasteiger partial charge in [-0.15, -0.1) is 0 Å². The molecule has 102 valence electrons. The third kappa shape index (κ3) is 2.29. The number of methoxy groups -OCH3 is 1. The number of nitrogens with two attached hydrogens (primary N) is 1. The van der Waals surface area contributed by atoms with E-state index in [2.05, 4.69) is 41.8 Å². The first-order valence-corrected chi connectivity index (χ1v) is 7.45. The number of H-pyrrole nitrogens is 1. The molecule has 0 aliphatic heterocycles. The maximum absolute atomic E-state index is 5.99. The van der Waals surface area contributed by atoms with Crippen molar-refractivity contribution < 1.29 is 4.74 Å². The maximum atomic E-state index is 5.99. The molecule has 0 saturated heterocycles. The Bertz CT molecular complexity index is 798. The lowest BCUT2D eigenvalue weighted by molar-refractivity contribution is 0.415. The molecule has 3 aromatic rings. The number of hydrogen-bond acceptors (Lipinski definition) is 3. The van der Waals surface area contributed by atoms with Crippen molar-refractivity contribution in [3.05, 3.63) is 39.3 Å². The summed E-state index contributed by atoms with van der Waals surface area (Å²) in [5.74, 6) is 1.52. The number of hydrogen-bond donors (Lipinski definition) is 2. The highest BCUT2D eigenvalue weighted by molar-refractivity contribution is 9.10. The largest absolute Gasteiger partial charge is 0.497 e. The molecular formula is C14H11Br2N3O. The highest BCUT2D eigenvalue weighted by Gasteiger charge is 2.12. The topological polar surface area (TPSA) is 63.9 Å². The maximum Gasteiger partial charge on any atom is 0.139 e. The molecule has 0 saturated carbocycles. The molecule has 6 heteroatoms. The number of nitrogens with zero attached hydrogens (tertiary/aromatic N) is 1. The van der Waals surface area contributed by atoms with Crippen molar-refractivity contribution in [3.8, 4) is 17.1 Å². The SMILES string of the molecule is COc1ccc(Br)c(-c2nc3c(N)cc(Br)cc3[nH]2)c1. The number of rotatable bonds is 2. The molecule has 1 aromatic heterocycles. The fourth-order valence-corrected chi connectivity index (χ4v) is 2.96. The zero-order valence-electron chi connectivity index (χ0n) is 10.6. The van der Waals surface area contributed by atoms with E-state index < -0.39 is 0 Å².